The Morgan fingerprint density at radius 1 is 1.27 bits per heavy atom. The van der Waals surface area contributed by atoms with E-state index in [0.717, 1.165) is 4.70 Å². The highest BCUT2D eigenvalue weighted by Crippen LogP contribution is 2.24. The molecule has 5 nitrogen and oxygen atoms in total. The van der Waals surface area contributed by atoms with Gasteiger partial charge in [0.15, 0.2) is 0 Å². The van der Waals surface area contributed by atoms with Crippen molar-refractivity contribution >= 4 is 33.5 Å². The maximum atomic E-state index is 12.1. The monoisotopic (exact) mass is 321 g/mol. The van der Waals surface area contributed by atoms with E-state index in [1.165, 1.54) is 11.3 Å². The molecule has 0 radical (unpaired) electrons. The zero-order valence-corrected chi connectivity index (χ0v) is 14.0. The fourth-order valence-corrected chi connectivity index (χ4v) is 2.78. The molecule has 0 N–H and O–H groups in total. The topological polar surface area (TPSA) is 65.5 Å². The molecule has 0 aliphatic carbocycles. The van der Waals surface area contributed by atoms with Crippen LogP contribution < -0.4 is 0 Å². The van der Waals surface area contributed by atoms with Crippen LogP contribution >= 0.6 is 11.3 Å². The molecular weight excluding hydrogens is 302 g/mol. The number of nitrogens with zero attached hydrogens (tertiary/aromatic N) is 1. The summed E-state index contributed by atoms with van der Waals surface area (Å²) >= 11 is 1.42. The highest BCUT2D eigenvalue weighted by Gasteiger charge is 2.19. The number of aromatic nitrogens is 1. The van der Waals surface area contributed by atoms with Gasteiger partial charge in [0.1, 0.15) is 10.6 Å². The molecule has 1 aromatic carbocycles. The van der Waals surface area contributed by atoms with Crippen molar-refractivity contribution in [3.8, 4) is 0 Å². The van der Waals surface area contributed by atoms with Crippen LogP contribution in [0.25, 0.3) is 10.2 Å². The lowest BCUT2D eigenvalue weighted by Gasteiger charge is -2.19. The Labute approximate surface area is 133 Å². The van der Waals surface area contributed by atoms with Crippen molar-refractivity contribution in [3.63, 3.8) is 0 Å². The van der Waals surface area contributed by atoms with Gasteiger partial charge in [-0.05, 0) is 45.9 Å². The zero-order chi connectivity index (χ0) is 16.3. The number of esters is 2. The molecule has 0 aliphatic heterocycles. The number of ether oxygens (including phenoxy) is 2. The second kappa shape index (κ2) is 6.44. The van der Waals surface area contributed by atoms with Crippen molar-refractivity contribution in [1.29, 1.82) is 0 Å². The highest BCUT2D eigenvalue weighted by molar-refractivity contribution is 7.18. The summed E-state index contributed by atoms with van der Waals surface area (Å²) < 4.78 is 11.2. The van der Waals surface area contributed by atoms with E-state index in [9.17, 15) is 9.59 Å². The van der Waals surface area contributed by atoms with Gasteiger partial charge in [-0.15, -0.1) is 11.3 Å². The third kappa shape index (κ3) is 4.27. The molecule has 6 heteroatoms. The first kappa shape index (κ1) is 16.4. The molecule has 22 heavy (non-hydrogen) atoms. The van der Waals surface area contributed by atoms with Crippen molar-refractivity contribution < 1.29 is 19.1 Å². The van der Waals surface area contributed by atoms with E-state index in [1.54, 1.807) is 19.1 Å². The Morgan fingerprint density at radius 2 is 2.00 bits per heavy atom. The van der Waals surface area contributed by atoms with E-state index in [2.05, 4.69) is 4.98 Å². The molecule has 118 valence electrons. The van der Waals surface area contributed by atoms with Gasteiger partial charge in [0.25, 0.3) is 0 Å². The fourth-order valence-electron chi connectivity index (χ4n) is 1.85. The van der Waals surface area contributed by atoms with E-state index in [1.807, 2.05) is 26.8 Å². The van der Waals surface area contributed by atoms with Crippen molar-refractivity contribution in [2.45, 2.75) is 39.7 Å². The summed E-state index contributed by atoms with van der Waals surface area (Å²) in [5.74, 6) is -0.678. The first-order valence-electron chi connectivity index (χ1n) is 7.07. The Balaban J connectivity index is 2.20. The standard InChI is InChI=1S/C16H19NO4S/c1-5-20-14(18)9-13-17-11-8-10(6-7-12(11)22-13)15(19)21-16(2,3)4/h6-8H,5,9H2,1-4H3. The van der Waals surface area contributed by atoms with Crippen molar-refractivity contribution in [1.82, 2.24) is 4.98 Å². The van der Waals surface area contributed by atoms with Gasteiger partial charge >= 0.3 is 11.9 Å². The summed E-state index contributed by atoms with van der Waals surface area (Å²) in [6.07, 6.45) is 0.148. The van der Waals surface area contributed by atoms with Gasteiger partial charge in [-0.1, -0.05) is 0 Å². The van der Waals surface area contributed by atoms with Crippen LogP contribution in [0, 0.1) is 0 Å². The van der Waals surface area contributed by atoms with Gasteiger partial charge in [0.2, 0.25) is 0 Å². The molecular formula is C16H19NO4S. The highest BCUT2D eigenvalue weighted by atomic mass is 32.1. The van der Waals surface area contributed by atoms with Crippen molar-refractivity contribution in [3.05, 3.63) is 28.8 Å². The second-order valence-electron chi connectivity index (χ2n) is 5.77. The largest absolute Gasteiger partial charge is 0.466 e. The van der Waals surface area contributed by atoms with Crippen LogP contribution in [0.5, 0.6) is 0 Å². The number of hydrogen-bond acceptors (Lipinski definition) is 6. The van der Waals surface area contributed by atoms with Crippen LogP contribution in [-0.4, -0.2) is 29.1 Å². The molecule has 2 aromatic rings. The predicted octanol–water partition coefficient (Wildman–Crippen LogP) is 3.36. The number of thiazole rings is 1. The van der Waals surface area contributed by atoms with E-state index in [-0.39, 0.29) is 18.4 Å². The number of hydrogen-bond donors (Lipinski definition) is 0. The number of benzene rings is 1. The van der Waals surface area contributed by atoms with E-state index in [0.29, 0.717) is 22.7 Å². The molecule has 2 rings (SSSR count). The van der Waals surface area contributed by atoms with Gasteiger partial charge in [-0.3, -0.25) is 4.79 Å². The van der Waals surface area contributed by atoms with Crippen molar-refractivity contribution in [2.75, 3.05) is 6.61 Å². The summed E-state index contributed by atoms with van der Waals surface area (Å²) in [7, 11) is 0. The van der Waals surface area contributed by atoms with Gasteiger partial charge in [0.05, 0.1) is 28.8 Å². The summed E-state index contributed by atoms with van der Waals surface area (Å²) in [5, 5.41) is 0.676. The number of fused-ring (bicyclic) bond motifs is 1. The molecule has 0 atom stereocenters. The summed E-state index contributed by atoms with van der Waals surface area (Å²) in [4.78, 5) is 27.9. The molecule has 0 unspecified atom stereocenters. The minimum absolute atomic E-state index is 0.148. The van der Waals surface area contributed by atoms with E-state index in [4.69, 9.17) is 9.47 Å². The first-order chi connectivity index (χ1) is 10.3. The van der Waals surface area contributed by atoms with Crippen LogP contribution in [-0.2, 0) is 20.7 Å². The van der Waals surface area contributed by atoms with Crippen LogP contribution in [0.4, 0.5) is 0 Å². The Morgan fingerprint density at radius 3 is 2.64 bits per heavy atom. The third-order valence-corrected chi connectivity index (χ3v) is 3.70. The molecule has 0 fully saturated rings. The molecule has 0 aliphatic rings. The molecule has 0 bridgehead atoms. The fraction of sp³-hybridized carbons (Fsp3) is 0.438. The Kier molecular flexibility index (Phi) is 4.81. The van der Waals surface area contributed by atoms with Crippen LogP contribution in [0.3, 0.4) is 0 Å². The second-order valence-corrected chi connectivity index (χ2v) is 6.89. The summed E-state index contributed by atoms with van der Waals surface area (Å²) in [5.41, 5.74) is 0.603. The maximum absolute atomic E-state index is 12.1. The van der Waals surface area contributed by atoms with Crippen LogP contribution in [0.2, 0.25) is 0 Å². The Bertz CT molecular complexity index is 700. The van der Waals surface area contributed by atoms with E-state index >= 15 is 0 Å². The molecule has 0 saturated heterocycles. The lowest BCUT2D eigenvalue weighted by Crippen LogP contribution is -2.23. The average molecular weight is 321 g/mol. The predicted molar refractivity (Wildman–Crippen MR) is 85.1 cm³/mol. The van der Waals surface area contributed by atoms with Gasteiger partial charge in [0, 0.05) is 0 Å². The third-order valence-electron chi connectivity index (χ3n) is 2.67. The zero-order valence-electron chi connectivity index (χ0n) is 13.1. The molecule has 0 amide bonds. The smallest absolute Gasteiger partial charge is 0.338 e. The average Bonchev–Trinajstić information content (AvgIpc) is 2.77. The molecule has 0 saturated carbocycles. The number of carbonyl (C=O) groups excluding carboxylic acids is 2. The normalized spacial score (nSPS) is 11.5. The molecule has 1 aromatic heterocycles. The lowest BCUT2D eigenvalue weighted by molar-refractivity contribution is -0.142. The quantitative estimate of drug-likeness (QED) is 0.808. The summed E-state index contributed by atoms with van der Waals surface area (Å²) in [6, 6.07) is 5.22. The van der Waals surface area contributed by atoms with Gasteiger partial charge < -0.3 is 9.47 Å². The van der Waals surface area contributed by atoms with Gasteiger partial charge in [-0.2, -0.15) is 0 Å². The van der Waals surface area contributed by atoms with Crippen LogP contribution in [0.15, 0.2) is 18.2 Å². The number of carbonyl (C=O) groups is 2. The minimum atomic E-state index is -0.539. The lowest BCUT2D eigenvalue weighted by atomic mass is 10.1. The van der Waals surface area contributed by atoms with E-state index < -0.39 is 5.60 Å². The molecule has 1 heterocycles. The molecule has 0 spiro atoms. The minimum Gasteiger partial charge on any atom is -0.466 e. The first-order valence-corrected chi connectivity index (χ1v) is 7.88. The number of rotatable bonds is 4. The van der Waals surface area contributed by atoms with Crippen LogP contribution in [0.1, 0.15) is 43.1 Å². The maximum Gasteiger partial charge on any atom is 0.338 e. The van der Waals surface area contributed by atoms with Gasteiger partial charge in [-0.25, -0.2) is 9.78 Å². The SMILES string of the molecule is CCOC(=O)Cc1nc2cc(C(=O)OC(C)(C)C)ccc2s1. The summed E-state index contributed by atoms with van der Waals surface area (Å²) in [6.45, 7) is 7.59. The van der Waals surface area contributed by atoms with Crippen molar-refractivity contribution in [2.24, 2.45) is 0 Å². The Hall–Kier alpha value is -1.95.